The van der Waals surface area contributed by atoms with Crippen LogP contribution in [0, 0.1) is 5.82 Å². The normalized spacial score (nSPS) is 11.5. The van der Waals surface area contributed by atoms with Gasteiger partial charge < -0.3 is 5.11 Å². The van der Waals surface area contributed by atoms with E-state index in [9.17, 15) is 9.50 Å². The zero-order valence-corrected chi connectivity index (χ0v) is 9.53. The summed E-state index contributed by atoms with van der Waals surface area (Å²) in [6.45, 7) is 0. The molecule has 1 N–H and O–H groups in total. The van der Waals surface area contributed by atoms with Gasteiger partial charge in [0.25, 0.3) is 0 Å². The average Bonchev–Trinajstić information content (AvgIpc) is 2.30. The SMILES string of the molecule is O/C(=C\c1ccccn1)c1c(F)cccc1Cl. The summed E-state index contributed by atoms with van der Waals surface area (Å²) in [6.07, 6.45) is 2.95. The summed E-state index contributed by atoms with van der Waals surface area (Å²) in [7, 11) is 0. The lowest BCUT2D eigenvalue weighted by Crippen LogP contribution is -1.91. The summed E-state index contributed by atoms with van der Waals surface area (Å²) in [6, 6.07) is 9.46. The molecule has 1 aromatic heterocycles. The maximum atomic E-state index is 13.5. The fourth-order valence-corrected chi connectivity index (χ4v) is 1.68. The van der Waals surface area contributed by atoms with Crippen LogP contribution in [0.25, 0.3) is 11.8 Å². The molecule has 0 bridgehead atoms. The fraction of sp³-hybridized carbons (Fsp3) is 0. The largest absolute Gasteiger partial charge is 0.507 e. The van der Waals surface area contributed by atoms with Crippen LogP contribution < -0.4 is 0 Å². The van der Waals surface area contributed by atoms with E-state index in [1.807, 2.05) is 0 Å². The van der Waals surface area contributed by atoms with Gasteiger partial charge in [0, 0.05) is 12.3 Å². The van der Waals surface area contributed by atoms with Gasteiger partial charge in [-0.2, -0.15) is 0 Å². The van der Waals surface area contributed by atoms with Crippen LogP contribution in [0.15, 0.2) is 42.6 Å². The molecular weight excluding hydrogens is 241 g/mol. The molecule has 0 spiro atoms. The number of aliphatic hydroxyl groups excluding tert-OH is 1. The molecule has 0 saturated heterocycles. The predicted octanol–water partition coefficient (Wildman–Crippen LogP) is 3.93. The van der Waals surface area contributed by atoms with Crippen molar-refractivity contribution in [1.29, 1.82) is 0 Å². The smallest absolute Gasteiger partial charge is 0.135 e. The minimum atomic E-state index is -0.567. The number of halogens is 2. The van der Waals surface area contributed by atoms with Crippen molar-refractivity contribution < 1.29 is 9.50 Å². The Hall–Kier alpha value is -1.87. The zero-order valence-electron chi connectivity index (χ0n) is 8.77. The number of hydrogen-bond acceptors (Lipinski definition) is 2. The fourth-order valence-electron chi connectivity index (χ4n) is 1.42. The van der Waals surface area contributed by atoms with Gasteiger partial charge in [-0.25, -0.2) is 4.39 Å². The Morgan fingerprint density at radius 1 is 1.24 bits per heavy atom. The second-order valence-electron chi connectivity index (χ2n) is 3.38. The third-order valence-electron chi connectivity index (χ3n) is 2.19. The van der Waals surface area contributed by atoms with Crippen molar-refractivity contribution >= 4 is 23.4 Å². The molecule has 0 aliphatic heterocycles. The van der Waals surface area contributed by atoms with Crippen molar-refractivity contribution in [2.75, 3.05) is 0 Å². The van der Waals surface area contributed by atoms with Crippen LogP contribution in [0.1, 0.15) is 11.3 Å². The Morgan fingerprint density at radius 3 is 2.71 bits per heavy atom. The summed E-state index contributed by atoms with van der Waals surface area (Å²) in [5.74, 6) is -0.811. The minimum Gasteiger partial charge on any atom is -0.507 e. The third kappa shape index (κ3) is 2.63. The first-order valence-corrected chi connectivity index (χ1v) is 5.32. The Balaban J connectivity index is 2.44. The van der Waals surface area contributed by atoms with Gasteiger partial charge in [0.05, 0.1) is 16.3 Å². The molecule has 4 heteroatoms. The summed E-state index contributed by atoms with van der Waals surface area (Å²) >= 11 is 5.83. The highest BCUT2D eigenvalue weighted by Crippen LogP contribution is 2.26. The first-order valence-electron chi connectivity index (χ1n) is 4.94. The lowest BCUT2D eigenvalue weighted by Gasteiger charge is -2.04. The van der Waals surface area contributed by atoms with Gasteiger partial charge in [0.15, 0.2) is 0 Å². The standard InChI is InChI=1S/C13H9ClFNO/c14-10-5-3-6-11(15)13(10)12(17)8-9-4-1-2-7-16-9/h1-8,17H/b12-8-. The Labute approximate surface area is 103 Å². The molecule has 0 saturated carbocycles. The van der Waals surface area contributed by atoms with E-state index in [1.165, 1.54) is 24.3 Å². The first kappa shape index (κ1) is 11.6. The van der Waals surface area contributed by atoms with Crippen LogP contribution in [0.5, 0.6) is 0 Å². The van der Waals surface area contributed by atoms with E-state index in [4.69, 9.17) is 11.6 Å². The van der Waals surface area contributed by atoms with Gasteiger partial charge >= 0.3 is 0 Å². The van der Waals surface area contributed by atoms with E-state index in [-0.39, 0.29) is 16.3 Å². The van der Waals surface area contributed by atoms with Gasteiger partial charge in [-0.1, -0.05) is 23.7 Å². The Kier molecular flexibility index (Phi) is 3.40. The van der Waals surface area contributed by atoms with Gasteiger partial charge in [0.2, 0.25) is 0 Å². The second kappa shape index (κ2) is 4.97. The topological polar surface area (TPSA) is 33.1 Å². The van der Waals surface area contributed by atoms with Crippen LogP contribution >= 0.6 is 11.6 Å². The molecule has 0 fully saturated rings. The Morgan fingerprint density at radius 2 is 2.06 bits per heavy atom. The monoisotopic (exact) mass is 249 g/mol. The molecule has 17 heavy (non-hydrogen) atoms. The quantitative estimate of drug-likeness (QED) is 0.818. The molecule has 0 atom stereocenters. The molecule has 2 rings (SSSR count). The molecule has 1 heterocycles. The molecule has 0 aliphatic rings. The lowest BCUT2D eigenvalue weighted by atomic mass is 10.1. The van der Waals surface area contributed by atoms with Gasteiger partial charge in [0.1, 0.15) is 11.6 Å². The molecule has 0 radical (unpaired) electrons. The average molecular weight is 250 g/mol. The van der Waals surface area contributed by atoms with Crippen molar-refractivity contribution in [2.24, 2.45) is 0 Å². The van der Waals surface area contributed by atoms with E-state index >= 15 is 0 Å². The van der Waals surface area contributed by atoms with Crippen molar-refractivity contribution in [3.63, 3.8) is 0 Å². The van der Waals surface area contributed by atoms with Gasteiger partial charge in [-0.15, -0.1) is 0 Å². The molecular formula is C13H9ClFNO. The Bertz CT molecular complexity index is 534. The third-order valence-corrected chi connectivity index (χ3v) is 2.51. The van der Waals surface area contributed by atoms with Crippen LogP contribution in [-0.4, -0.2) is 10.1 Å². The molecule has 0 unspecified atom stereocenters. The molecule has 2 aromatic rings. The molecule has 2 nitrogen and oxygen atoms in total. The number of benzene rings is 1. The predicted molar refractivity (Wildman–Crippen MR) is 66.1 cm³/mol. The second-order valence-corrected chi connectivity index (χ2v) is 3.79. The van der Waals surface area contributed by atoms with E-state index in [0.717, 1.165) is 0 Å². The van der Waals surface area contributed by atoms with E-state index < -0.39 is 5.82 Å². The van der Waals surface area contributed by atoms with Crippen LogP contribution in [0.2, 0.25) is 5.02 Å². The maximum absolute atomic E-state index is 13.5. The maximum Gasteiger partial charge on any atom is 0.135 e. The van der Waals surface area contributed by atoms with E-state index in [2.05, 4.69) is 4.98 Å². The van der Waals surface area contributed by atoms with Gasteiger partial charge in [-0.3, -0.25) is 4.98 Å². The summed E-state index contributed by atoms with van der Waals surface area (Å²) in [4.78, 5) is 4.00. The summed E-state index contributed by atoms with van der Waals surface area (Å²) in [5.41, 5.74) is 0.518. The number of rotatable bonds is 2. The van der Waals surface area contributed by atoms with E-state index in [0.29, 0.717) is 5.69 Å². The number of pyridine rings is 1. The summed E-state index contributed by atoms with van der Waals surface area (Å²) in [5, 5.41) is 9.99. The minimum absolute atomic E-state index is 0.0141. The van der Waals surface area contributed by atoms with Crippen molar-refractivity contribution in [3.05, 3.63) is 64.7 Å². The highest BCUT2D eigenvalue weighted by molar-refractivity contribution is 6.32. The first-order chi connectivity index (χ1) is 8.18. The lowest BCUT2D eigenvalue weighted by molar-refractivity contribution is 0.505. The zero-order chi connectivity index (χ0) is 12.3. The van der Waals surface area contributed by atoms with Crippen LogP contribution in [0.4, 0.5) is 4.39 Å². The molecule has 0 amide bonds. The van der Waals surface area contributed by atoms with Crippen molar-refractivity contribution in [2.45, 2.75) is 0 Å². The highest BCUT2D eigenvalue weighted by atomic mass is 35.5. The molecule has 0 aliphatic carbocycles. The number of hydrogen-bond donors (Lipinski definition) is 1. The van der Waals surface area contributed by atoms with Gasteiger partial charge in [-0.05, 0) is 24.3 Å². The summed E-state index contributed by atoms with van der Waals surface area (Å²) < 4.78 is 13.5. The van der Waals surface area contributed by atoms with Crippen LogP contribution in [0.3, 0.4) is 0 Å². The van der Waals surface area contributed by atoms with E-state index in [1.54, 1.807) is 24.4 Å². The number of aliphatic hydroxyl groups is 1. The molecule has 1 aromatic carbocycles. The molecule has 86 valence electrons. The van der Waals surface area contributed by atoms with Crippen molar-refractivity contribution in [3.8, 4) is 0 Å². The highest BCUT2D eigenvalue weighted by Gasteiger charge is 2.11. The number of aromatic nitrogens is 1. The van der Waals surface area contributed by atoms with Crippen LogP contribution in [-0.2, 0) is 0 Å². The number of nitrogens with zero attached hydrogens (tertiary/aromatic N) is 1. The van der Waals surface area contributed by atoms with Crippen molar-refractivity contribution in [1.82, 2.24) is 4.98 Å².